The smallest absolute Gasteiger partial charge is 0.238 e. The number of nitrogen functional groups attached to an aromatic ring is 1. The van der Waals surface area contributed by atoms with Crippen molar-refractivity contribution in [2.45, 2.75) is 13.5 Å². The fourth-order valence-electron chi connectivity index (χ4n) is 1.93. The van der Waals surface area contributed by atoms with Crippen LogP contribution in [-0.4, -0.2) is 23.9 Å². The van der Waals surface area contributed by atoms with Gasteiger partial charge in [0.05, 0.1) is 12.2 Å². The van der Waals surface area contributed by atoms with Crippen molar-refractivity contribution in [2.75, 3.05) is 24.1 Å². The molecule has 0 unspecified atom stereocenters. The number of hydrogen-bond donors (Lipinski definition) is 2. The van der Waals surface area contributed by atoms with Gasteiger partial charge in [0.25, 0.3) is 0 Å². The molecule has 0 aliphatic heterocycles. The minimum atomic E-state index is -0.487. The minimum Gasteiger partial charge on any atom is -0.399 e. The second-order valence-corrected chi connectivity index (χ2v) is 5.70. The molecule has 0 aliphatic carbocycles. The zero-order valence-corrected chi connectivity index (χ0v) is 12.6. The van der Waals surface area contributed by atoms with E-state index in [1.807, 2.05) is 29.3 Å². The van der Waals surface area contributed by atoms with E-state index in [1.165, 1.54) is 23.1 Å². The molecule has 1 amide bonds. The molecule has 2 aromatic rings. The van der Waals surface area contributed by atoms with Gasteiger partial charge in [0.1, 0.15) is 5.82 Å². The first-order valence-corrected chi connectivity index (χ1v) is 7.56. The van der Waals surface area contributed by atoms with Gasteiger partial charge < -0.3 is 11.1 Å². The fourth-order valence-corrected chi connectivity index (χ4v) is 2.68. The van der Waals surface area contributed by atoms with Gasteiger partial charge in [-0.3, -0.25) is 9.69 Å². The number of benzene rings is 1. The van der Waals surface area contributed by atoms with Gasteiger partial charge in [0.2, 0.25) is 5.91 Å². The molecule has 0 radical (unpaired) electrons. The van der Waals surface area contributed by atoms with Crippen molar-refractivity contribution in [1.82, 2.24) is 4.90 Å². The van der Waals surface area contributed by atoms with E-state index in [0.29, 0.717) is 12.2 Å². The van der Waals surface area contributed by atoms with E-state index in [4.69, 9.17) is 5.73 Å². The Balaban J connectivity index is 1.95. The molecule has 0 spiro atoms. The third kappa shape index (κ3) is 4.54. The van der Waals surface area contributed by atoms with Crippen LogP contribution in [0.4, 0.5) is 15.8 Å². The number of carbonyl (C=O) groups excluding carboxylic acids is 1. The first kappa shape index (κ1) is 15.5. The summed E-state index contributed by atoms with van der Waals surface area (Å²) in [4.78, 5) is 15.2. The predicted octanol–water partition coefficient (Wildman–Crippen LogP) is 2.93. The molecule has 0 bridgehead atoms. The van der Waals surface area contributed by atoms with Crippen molar-refractivity contribution in [1.29, 1.82) is 0 Å². The second-order valence-electron chi connectivity index (χ2n) is 4.67. The summed E-state index contributed by atoms with van der Waals surface area (Å²) < 4.78 is 13.6. The third-order valence-electron chi connectivity index (χ3n) is 3.04. The standard InChI is InChI=1S/C15H18FN3OS/c1-2-19(9-12-4-3-7-21-12)10-15(20)18-14-8-11(17)5-6-13(14)16/h3-8H,2,9-10,17H2,1H3,(H,18,20). The average Bonchev–Trinajstić information content (AvgIpc) is 2.95. The van der Waals surface area contributed by atoms with Crippen LogP contribution in [0.3, 0.4) is 0 Å². The number of nitrogens with one attached hydrogen (secondary N) is 1. The first-order valence-electron chi connectivity index (χ1n) is 6.68. The van der Waals surface area contributed by atoms with Crippen LogP contribution in [0.2, 0.25) is 0 Å². The van der Waals surface area contributed by atoms with E-state index >= 15 is 0 Å². The molecule has 4 nitrogen and oxygen atoms in total. The highest BCUT2D eigenvalue weighted by Gasteiger charge is 2.12. The summed E-state index contributed by atoms with van der Waals surface area (Å²) in [5.41, 5.74) is 6.13. The van der Waals surface area contributed by atoms with E-state index in [9.17, 15) is 9.18 Å². The molecule has 0 fully saturated rings. The monoisotopic (exact) mass is 307 g/mol. The van der Waals surface area contributed by atoms with Gasteiger partial charge in [-0.1, -0.05) is 13.0 Å². The van der Waals surface area contributed by atoms with Crippen LogP contribution < -0.4 is 11.1 Å². The Morgan fingerprint density at radius 3 is 2.90 bits per heavy atom. The predicted molar refractivity (Wildman–Crippen MR) is 84.7 cm³/mol. The van der Waals surface area contributed by atoms with Gasteiger partial charge in [-0.05, 0) is 36.2 Å². The molecule has 1 aromatic heterocycles. The summed E-state index contributed by atoms with van der Waals surface area (Å²) in [6, 6.07) is 8.13. The lowest BCUT2D eigenvalue weighted by Crippen LogP contribution is -2.32. The number of likely N-dealkylation sites (N-methyl/N-ethyl adjacent to an activating group) is 1. The Kier molecular flexibility index (Phi) is 5.30. The van der Waals surface area contributed by atoms with Crippen molar-refractivity contribution in [2.24, 2.45) is 0 Å². The quantitative estimate of drug-likeness (QED) is 0.807. The number of rotatable bonds is 6. The molecule has 1 aromatic carbocycles. The van der Waals surface area contributed by atoms with Crippen molar-refractivity contribution >= 4 is 28.6 Å². The van der Waals surface area contributed by atoms with Crippen LogP contribution in [0, 0.1) is 5.82 Å². The Bertz CT molecular complexity index is 601. The number of amides is 1. The number of anilines is 2. The molecule has 0 atom stereocenters. The van der Waals surface area contributed by atoms with E-state index in [-0.39, 0.29) is 18.1 Å². The maximum Gasteiger partial charge on any atom is 0.238 e. The van der Waals surface area contributed by atoms with Gasteiger partial charge in [0, 0.05) is 17.1 Å². The zero-order valence-electron chi connectivity index (χ0n) is 11.8. The normalized spacial score (nSPS) is 10.8. The Labute approximate surface area is 127 Å². The summed E-state index contributed by atoms with van der Waals surface area (Å²) in [6.45, 7) is 3.65. The topological polar surface area (TPSA) is 58.4 Å². The van der Waals surface area contributed by atoms with Gasteiger partial charge in [-0.2, -0.15) is 0 Å². The van der Waals surface area contributed by atoms with Crippen molar-refractivity contribution in [3.63, 3.8) is 0 Å². The van der Waals surface area contributed by atoms with Crippen LogP contribution in [0.5, 0.6) is 0 Å². The number of hydrogen-bond acceptors (Lipinski definition) is 4. The van der Waals surface area contributed by atoms with Gasteiger partial charge >= 0.3 is 0 Å². The first-order chi connectivity index (χ1) is 10.1. The van der Waals surface area contributed by atoms with Gasteiger partial charge in [-0.25, -0.2) is 4.39 Å². The Hall–Kier alpha value is -1.92. The van der Waals surface area contributed by atoms with E-state index < -0.39 is 5.82 Å². The second kappa shape index (κ2) is 7.19. The lowest BCUT2D eigenvalue weighted by atomic mass is 10.2. The largest absolute Gasteiger partial charge is 0.399 e. The molecular weight excluding hydrogens is 289 g/mol. The highest BCUT2D eigenvalue weighted by atomic mass is 32.1. The Morgan fingerprint density at radius 2 is 2.24 bits per heavy atom. The third-order valence-corrected chi connectivity index (χ3v) is 3.90. The van der Waals surface area contributed by atoms with Gasteiger partial charge in [-0.15, -0.1) is 11.3 Å². The Morgan fingerprint density at radius 1 is 1.43 bits per heavy atom. The van der Waals surface area contributed by atoms with E-state index in [2.05, 4.69) is 5.32 Å². The SMILES string of the molecule is CCN(CC(=O)Nc1cc(N)ccc1F)Cc1cccs1. The zero-order chi connectivity index (χ0) is 15.2. The molecular formula is C15H18FN3OS. The van der Waals surface area contributed by atoms with Crippen LogP contribution in [-0.2, 0) is 11.3 Å². The molecule has 6 heteroatoms. The summed E-state index contributed by atoms with van der Waals surface area (Å²) in [5, 5.41) is 4.57. The molecule has 112 valence electrons. The molecule has 0 aliphatic rings. The van der Waals surface area contributed by atoms with Crippen molar-refractivity contribution in [3.05, 3.63) is 46.4 Å². The number of halogens is 1. The van der Waals surface area contributed by atoms with E-state index in [0.717, 1.165) is 6.54 Å². The maximum atomic E-state index is 13.6. The van der Waals surface area contributed by atoms with Gasteiger partial charge in [0.15, 0.2) is 0 Å². The number of carbonyl (C=O) groups is 1. The average molecular weight is 307 g/mol. The summed E-state index contributed by atoms with van der Waals surface area (Å²) in [5.74, 6) is -0.739. The molecule has 0 saturated heterocycles. The van der Waals surface area contributed by atoms with Crippen LogP contribution in [0.1, 0.15) is 11.8 Å². The van der Waals surface area contributed by atoms with Crippen molar-refractivity contribution < 1.29 is 9.18 Å². The highest BCUT2D eigenvalue weighted by molar-refractivity contribution is 7.09. The summed E-state index contributed by atoms with van der Waals surface area (Å²) in [6.07, 6.45) is 0. The lowest BCUT2D eigenvalue weighted by molar-refractivity contribution is -0.117. The number of nitrogens with zero attached hydrogens (tertiary/aromatic N) is 1. The van der Waals surface area contributed by atoms with Crippen LogP contribution in [0.25, 0.3) is 0 Å². The summed E-state index contributed by atoms with van der Waals surface area (Å²) in [7, 11) is 0. The van der Waals surface area contributed by atoms with Crippen LogP contribution >= 0.6 is 11.3 Å². The molecule has 0 saturated carbocycles. The lowest BCUT2D eigenvalue weighted by Gasteiger charge is -2.19. The van der Waals surface area contributed by atoms with Crippen LogP contribution in [0.15, 0.2) is 35.7 Å². The molecule has 21 heavy (non-hydrogen) atoms. The highest BCUT2D eigenvalue weighted by Crippen LogP contribution is 2.17. The number of thiophene rings is 1. The molecule has 1 heterocycles. The number of nitrogens with two attached hydrogens (primary N) is 1. The minimum absolute atomic E-state index is 0.118. The molecule has 2 rings (SSSR count). The maximum absolute atomic E-state index is 13.6. The fraction of sp³-hybridized carbons (Fsp3) is 0.267. The van der Waals surface area contributed by atoms with E-state index in [1.54, 1.807) is 11.3 Å². The molecule has 3 N–H and O–H groups in total. The van der Waals surface area contributed by atoms with Crippen molar-refractivity contribution in [3.8, 4) is 0 Å². The summed E-state index contributed by atoms with van der Waals surface area (Å²) >= 11 is 1.65.